The summed E-state index contributed by atoms with van der Waals surface area (Å²) < 4.78 is 26.7. The summed E-state index contributed by atoms with van der Waals surface area (Å²) >= 11 is 1.47. The standard InChI is InChI=1S/C12H12F2N2OS/c13-9-2-1-3-10(14)12(9)11(17)6-15-4-8-5-16-7-18-8/h1-3,5,7,11,15,17H,4,6H2. The van der Waals surface area contributed by atoms with Crippen molar-refractivity contribution in [2.24, 2.45) is 0 Å². The Hall–Kier alpha value is -1.37. The zero-order chi connectivity index (χ0) is 13.0. The minimum absolute atomic E-state index is 0.0791. The zero-order valence-corrected chi connectivity index (χ0v) is 10.3. The van der Waals surface area contributed by atoms with Gasteiger partial charge in [0, 0.05) is 24.2 Å². The number of benzene rings is 1. The smallest absolute Gasteiger partial charge is 0.131 e. The molecule has 1 aromatic carbocycles. The Morgan fingerprint density at radius 2 is 2.06 bits per heavy atom. The van der Waals surface area contributed by atoms with E-state index in [4.69, 9.17) is 0 Å². The van der Waals surface area contributed by atoms with Crippen LogP contribution in [0.4, 0.5) is 8.78 Å². The molecule has 3 nitrogen and oxygen atoms in total. The van der Waals surface area contributed by atoms with Crippen molar-refractivity contribution in [3.05, 3.63) is 52.0 Å². The lowest BCUT2D eigenvalue weighted by molar-refractivity contribution is 0.165. The van der Waals surface area contributed by atoms with Gasteiger partial charge < -0.3 is 10.4 Å². The average Bonchev–Trinajstić information content (AvgIpc) is 2.82. The Labute approximate surface area is 107 Å². The molecule has 0 saturated carbocycles. The first-order valence-electron chi connectivity index (χ1n) is 5.38. The molecular formula is C12H12F2N2OS. The lowest BCUT2D eigenvalue weighted by Gasteiger charge is -2.13. The summed E-state index contributed by atoms with van der Waals surface area (Å²) in [7, 11) is 0. The molecule has 0 amide bonds. The number of aliphatic hydroxyl groups excluding tert-OH is 1. The van der Waals surface area contributed by atoms with Crippen molar-refractivity contribution in [1.29, 1.82) is 0 Å². The predicted octanol–water partition coefficient (Wildman–Crippen LogP) is 2.24. The average molecular weight is 270 g/mol. The van der Waals surface area contributed by atoms with Crippen LogP contribution < -0.4 is 5.32 Å². The van der Waals surface area contributed by atoms with E-state index >= 15 is 0 Å². The second-order valence-electron chi connectivity index (χ2n) is 3.75. The second-order valence-corrected chi connectivity index (χ2v) is 4.72. The summed E-state index contributed by atoms with van der Waals surface area (Å²) in [6.07, 6.45) is 0.493. The highest BCUT2D eigenvalue weighted by atomic mass is 32.1. The Balaban J connectivity index is 1.93. The first-order chi connectivity index (χ1) is 8.68. The van der Waals surface area contributed by atoms with Crippen molar-refractivity contribution in [3.63, 3.8) is 0 Å². The van der Waals surface area contributed by atoms with Gasteiger partial charge in [-0.15, -0.1) is 11.3 Å². The van der Waals surface area contributed by atoms with Crippen molar-refractivity contribution in [2.75, 3.05) is 6.54 Å². The number of hydrogen-bond acceptors (Lipinski definition) is 4. The van der Waals surface area contributed by atoms with E-state index in [0.717, 1.165) is 17.0 Å². The van der Waals surface area contributed by atoms with E-state index in [1.807, 2.05) is 0 Å². The molecule has 2 N–H and O–H groups in total. The lowest BCUT2D eigenvalue weighted by atomic mass is 10.1. The normalized spacial score (nSPS) is 12.6. The Bertz CT molecular complexity index is 485. The summed E-state index contributed by atoms with van der Waals surface area (Å²) in [4.78, 5) is 4.90. The third kappa shape index (κ3) is 3.10. The molecule has 18 heavy (non-hydrogen) atoms. The van der Waals surface area contributed by atoms with Gasteiger partial charge in [0.2, 0.25) is 0 Å². The molecular weight excluding hydrogens is 258 g/mol. The number of hydrogen-bond donors (Lipinski definition) is 2. The number of aromatic nitrogens is 1. The molecule has 1 heterocycles. The molecule has 6 heteroatoms. The highest BCUT2D eigenvalue weighted by molar-refractivity contribution is 7.09. The predicted molar refractivity (Wildman–Crippen MR) is 65.1 cm³/mol. The van der Waals surface area contributed by atoms with Crippen LogP contribution in [-0.4, -0.2) is 16.6 Å². The minimum atomic E-state index is -1.21. The van der Waals surface area contributed by atoms with Crippen molar-refractivity contribution < 1.29 is 13.9 Å². The van der Waals surface area contributed by atoms with Crippen LogP contribution in [-0.2, 0) is 6.54 Å². The van der Waals surface area contributed by atoms with Gasteiger partial charge >= 0.3 is 0 Å². The molecule has 1 aromatic heterocycles. The van der Waals surface area contributed by atoms with Crippen LogP contribution in [0.1, 0.15) is 16.5 Å². The third-order valence-electron chi connectivity index (χ3n) is 2.45. The van der Waals surface area contributed by atoms with Crippen molar-refractivity contribution in [2.45, 2.75) is 12.6 Å². The number of nitrogens with zero attached hydrogens (tertiary/aromatic N) is 1. The highest BCUT2D eigenvalue weighted by Crippen LogP contribution is 2.20. The van der Waals surface area contributed by atoms with E-state index in [9.17, 15) is 13.9 Å². The number of aliphatic hydroxyl groups is 1. The van der Waals surface area contributed by atoms with Crippen molar-refractivity contribution >= 4 is 11.3 Å². The molecule has 0 aliphatic rings. The summed E-state index contributed by atoms with van der Waals surface area (Å²) in [6, 6.07) is 3.53. The van der Waals surface area contributed by atoms with E-state index in [1.165, 1.54) is 17.4 Å². The van der Waals surface area contributed by atoms with E-state index in [-0.39, 0.29) is 12.1 Å². The van der Waals surface area contributed by atoms with Gasteiger partial charge in [0.15, 0.2) is 0 Å². The maximum atomic E-state index is 13.4. The molecule has 0 fully saturated rings. The van der Waals surface area contributed by atoms with Gasteiger partial charge in [-0.1, -0.05) is 6.07 Å². The molecule has 0 bridgehead atoms. The van der Waals surface area contributed by atoms with Crippen LogP contribution in [0.5, 0.6) is 0 Å². The Kier molecular flexibility index (Phi) is 4.35. The van der Waals surface area contributed by atoms with E-state index < -0.39 is 17.7 Å². The summed E-state index contributed by atoms with van der Waals surface area (Å²) in [5, 5.41) is 12.7. The van der Waals surface area contributed by atoms with Crippen molar-refractivity contribution in [1.82, 2.24) is 10.3 Å². The summed E-state index contributed by atoms with van der Waals surface area (Å²) in [5.41, 5.74) is 1.40. The molecule has 0 aliphatic heterocycles. The van der Waals surface area contributed by atoms with Gasteiger partial charge in [-0.3, -0.25) is 4.98 Å². The van der Waals surface area contributed by atoms with Gasteiger partial charge in [0.25, 0.3) is 0 Å². The van der Waals surface area contributed by atoms with Crippen LogP contribution in [0.25, 0.3) is 0 Å². The fraction of sp³-hybridized carbons (Fsp3) is 0.250. The molecule has 0 radical (unpaired) electrons. The number of rotatable bonds is 5. The quantitative estimate of drug-likeness (QED) is 0.876. The topological polar surface area (TPSA) is 45.1 Å². The largest absolute Gasteiger partial charge is 0.387 e. The molecule has 0 saturated heterocycles. The van der Waals surface area contributed by atoms with Crippen molar-refractivity contribution in [3.8, 4) is 0 Å². The van der Waals surface area contributed by atoms with E-state index in [0.29, 0.717) is 6.54 Å². The van der Waals surface area contributed by atoms with Gasteiger partial charge in [-0.05, 0) is 12.1 Å². The highest BCUT2D eigenvalue weighted by Gasteiger charge is 2.17. The summed E-state index contributed by atoms with van der Waals surface area (Å²) in [5.74, 6) is -1.47. The fourth-order valence-electron chi connectivity index (χ4n) is 1.59. The van der Waals surface area contributed by atoms with Gasteiger partial charge in [-0.25, -0.2) is 8.78 Å². The van der Waals surface area contributed by atoms with Crippen LogP contribution in [0, 0.1) is 11.6 Å². The number of nitrogens with one attached hydrogen (secondary N) is 1. The number of thiazole rings is 1. The van der Waals surface area contributed by atoms with Crippen LogP contribution in [0.2, 0.25) is 0 Å². The minimum Gasteiger partial charge on any atom is -0.387 e. The zero-order valence-electron chi connectivity index (χ0n) is 9.44. The van der Waals surface area contributed by atoms with E-state index in [1.54, 1.807) is 11.7 Å². The molecule has 0 aliphatic carbocycles. The molecule has 2 rings (SSSR count). The SMILES string of the molecule is OC(CNCc1cncs1)c1c(F)cccc1F. The Morgan fingerprint density at radius 1 is 1.33 bits per heavy atom. The van der Waals surface area contributed by atoms with E-state index in [2.05, 4.69) is 10.3 Å². The van der Waals surface area contributed by atoms with Gasteiger partial charge in [-0.2, -0.15) is 0 Å². The van der Waals surface area contributed by atoms with Crippen LogP contribution >= 0.6 is 11.3 Å². The molecule has 96 valence electrons. The summed E-state index contributed by atoms with van der Waals surface area (Å²) in [6.45, 7) is 0.591. The second kappa shape index (κ2) is 5.99. The van der Waals surface area contributed by atoms with Gasteiger partial charge in [0.05, 0.1) is 17.2 Å². The van der Waals surface area contributed by atoms with Crippen LogP contribution in [0.15, 0.2) is 29.9 Å². The first-order valence-corrected chi connectivity index (χ1v) is 6.26. The lowest BCUT2D eigenvalue weighted by Crippen LogP contribution is -2.22. The Morgan fingerprint density at radius 3 is 2.67 bits per heavy atom. The molecule has 1 unspecified atom stereocenters. The number of halogens is 2. The molecule has 1 atom stereocenters. The van der Waals surface area contributed by atoms with Gasteiger partial charge in [0.1, 0.15) is 11.6 Å². The molecule has 0 spiro atoms. The maximum Gasteiger partial charge on any atom is 0.131 e. The van der Waals surface area contributed by atoms with Crippen LogP contribution in [0.3, 0.4) is 0 Å². The molecule has 2 aromatic rings. The monoisotopic (exact) mass is 270 g/mol. The fourth-order valence-corrected chi connectivity index (χ4v) is 2.16. The first kappa shape index (κ1) is 13.1. The third-order valence-corrected chi connectivity index (χ3v) is 3.23. The maximum absolute atomic E-state index is 13.4.